The Morgan fingerprint density at radius 1 is 0.907 bits per heavy atom. The third-order valence-corrected chi connectivity index (χ3v) is 10.3. The first-order valence-corrected chi connectivity index (χ1v) is 18.7. The van der Waals surface area contributed by atoms with Crippen LogP contribution in [0.15, 0.2) is 36.4 Å². The summed E-state index contributed by atoms with van der Waals surface area (Å²) in [7, 11) is 1.17. The Labute approximate surface area is 314 Å². The topological polar surface area (TPSA) is 201 Å². The molecule has 5 atom stereocenters. The number of ether oxygens (including phenoxy) is 4. The molecule has 1 aromatic rings. The highest BCUT2D eigenvalue weighted by Crippen LogP contribution is 2.53. The number of benzene rings is 1. The maximum absolute atomic E-state index is 14.9. The standard InChI is InChI=1S/C38H50N4O12/c1-37(2,3)54-36(48)41-32(44)30-21-28(52-33(45)24-17-19-26(20-18-24)42(49)50)23-40(30)31(43)29(39-35(47)53-27-14-11-12-15-27)16-10-8-6-5-7-9-13-25-22-38(25,41)34(46)51-4/h7,9,17-20,25,27-30H,5-6,8,10-16,21-23H2,1-4H3,(H,39,47)/b9-7-/t25-,28+,29+,30+,38-/m1/s1. The summed E-state index contributed by atoms with van der Waals surface area (Å²) >= 11 is 0. The zero-order valence-electron chi connectivity index (χ0n) is 31.3. The van der Waals surface area contributed by atoms with Gasteiger partial charge >= 0.3 is 24.1 Å². The molecule has 16 heteroatoms. The summed E-state index contributed by atoms with van der Waals surface area (Å²) in [5.74, 6) is -3.74. The van der Waals surface area contributed by atoms with E-state index in [2.05, 4.69) is 5.32 Å². The second kappa shape index (κ2) is 17.0. The number of imide groups is 1. The Hall–Kier alpha value is -5.02. The van der Waals surface area contributed by atoms with Crippen molar-refractivity contribution < 1.29 is 52.6 Å². The molecule has 294 valence electrons. The number of allylic oxidation sites excluding steroid dienone is 2. The molecule has 4 amide bonds. The van der Waals surface area contributed by atoms with Gasteiger partial charge in [0.15, 0.2) is 5.54 Å². The molecule has 2 saturated carbocycles. The van der Waals surface area contributed by atoms with Crippen molar-refractivity contribution in [2.24, 2.45) is 5.92 Å². The van der Waals surface area contributed by atoms with Gasteiger partial charge in [-0.3, -0.25) is 19.7 Å². The van der Waals surface area contributed by atoms with Crippen molar-refractivity contribution >= 4 is 41.6 Å². The van der Waals surface area contributed by atoms with Crippen molar-refractivity contribution in [2.75, 3.05) is 13.7 Å². The first-order valence-electron chi connectivity index (χ1n) is 18.7. The van der Waals surface area contributed by atoms with E-state index in [0.717, 1.165) is 49.1 Å². The van der Waals surface area contributed by atoms with Crippen LogP contribution in [0.5, 0.6) is 0 Å². The highest BCUT2D eigenvalue weighted by Gasteiger charge is 2.69. The number of fused-ring (bicyclic) bond motifs is 2. The van der Waals surface area contributed by atoms with E-state index in [1.165, 1.54) is 24.1 Å². The van der Waals surface area contributed by atoms with Gasteiger partial charge < -0.3 is 29.2 Å². The summed E-state index contributed by atoms with van der Waals surface area (Å²) in [5, 5.41) is 13.9. The zero-order valence-corrected chi connectivity index (χ0v) is 31.3. The minimum absolute atomic E-state index is 0.00174. The summed E-state index contributed by atoms with van der Waals surface area (Å²) < 4.78 is 22.2. The molecule has 0 spiro atoms. The van der Waals surface area contributed by atoms with Crippen LogP contribution in [0, 0.1) is 16.0 Å². The molecule has 0 aromatic heterocycles. The van der Waals surface area contributed by atoms with Gasteiger partial charge in [-0.2, -0.15) is 0 Å². The molecule has 0 bridgehead atoms. The van der Waals surface area contributed by atoms with Crippen molar-refractivity contribution in [3.63, 3.8) is 0 Å². The van der Waals surface area contributed by atoms with Gasteiger partial charge in [0.2, 0.25) is 5.91 Å². The average molecular weight is 755 g/mol. The van der Waals surface area contributed by atoms with E-state index in [4.69, 9.17) is 18.9 Å². The van der Waals surface area contributed by atoms with Crippen LogP contribution in [0.25, 0.3) is 0 Å². The van der Waals surface area contributed by atoms with E-state index in [-0.39, 0.29) is 43.2 Å². The summed E-state index contributed by atoms with van der Waals surface area (Å²) in [5.41, 5.74) is -3.02. The van der Waals surface area contributed by atoms with E-state index in [1.807, 2.05) is 12.2 Å². The quantitative estimate of drug-likeness (QED) is 0.128. The first-order chi connectivity index (χ1) is 25.6. The van der Waals surface area contributed by atoms with E-state index >= 15 is 0 Å². The molecule has 2 heterocycles. The van der Waals surface area contributed by atoms with Gasteiger partial charge in [0.05, 0.1) is 24.1 Å². The second-order valence-electron chi connectivity index (χ2n) is 15.4. The summed E-state index contributed by atoms with van der Waals surface area (Å²) in [6.07, 6.45) is 7.23. The van der Waals surface area contributed by atoms with Crippen LogP contribution in [0.2, 0.25) is 0 Å². The number of methoxy groups -OCH3 is 1. The number of alkyl carbamates (subject to hydrolysis) is 1. The first kappa shape index (κ1) is 40.2. The Balaban J connectivity index is 1.52. The van der Waals surface area contributed by atoms with Crippen molar-refractivity contribution in [2.45, 2.75) is 133 Å². The minimum Gasteiger partial charge on any atom is -0.467 e. The van der Waals surface area contributed by atoms with Crippen LogP contribution >= 0.6 is 0 Å². The average Bonchev–Trinajstić information content (AvgIpc) is 3.39. The highest BCUT2D eigenvalue weighted by atomic mass is 16.6. The van der Waals surface area contributed by atoms with Crippen molar-refractivity contribution in [3.05, 3.63) is 52.1 Å². The lowest BCUT2D eigenvalue weighted by molar-refractivity contribution is -0.384. The lowest BCUT2D eigenvalue weighted by Crippen LogP contribution is -2.60. The number of rotatable bonds is 6. The van der Waals surface area contributed by atoms with Gasteiger partial charge in [0, 0.05) is 18.6 Å². The third kappa shape index (κ3) is 9.37. The number of carbonyl (C=O) groups excluding carboxylic acids is 6. The normalized spacial score (nSPS) is 27.3. The van der Waals surface area contributed by atoms with E-state index in [9.17, 15) is 38.9 Å². The number of hydrogen-bond acceptors (Lipinski definition) is 12. The van der Waals surface area contributed by atoms with Gasteiger partial charge in [0.25, 0.3) is 11.6 Å². The minimum atomic E-state index is -1.72. The van der Waals surface area contributed by atoms with Crippen molar-refractivity contribution in [1.29, 1.82) is 0 Å². The number of nitro benzene ring substituents is 1. The van der Waals surface area contributed by atoms with Crippen molar-refractivity contribution in [1.82, 2.24) is 15.1 Å². The molecule has 5 rings (SSSR count). The Morgan fingerprint density at radius 3 is 2.24 bits per heavy atom. The van der Waals surface area contributed by atoms with E-state index in [1.54, 1.807) is 20.8 Å². The molecule has 3 fully saturated rings. The number of non-ortho nitro benzene ring substituents is 1. The van der Waals surface area contributed by atoms with E-state index in [0.29, 0.717) is 25.7 Å². The SMILES string of the molecule is COC(=O)[C@@]12C[C@H]1C/C=C\CCCCC[C@H](NC(=O)OC1CCCC1)C(=O)N1C[C@@H](OC(=O)c3ccc([N+](=O)[O-])cc3)C[C@H]1C(=O)N2C(=O)OC(C)(C)C. The highest BCUT2D eigenvalue weighted by molar-refractivity contribution is 6.04. The summed E-state index contributed by atoms with van der Waals surface area (Å²) in [6, 6.07) is 2.21. The molecule has 16 nitrogen and oxygen atoms in total. The summed E-state index contributed by atoms with van der Waals surface area (Å²) in [6.45, 7) is 4.56. The fourth-order valence-corrected chi connectivity index (χ4v) is 7.55. The van der Waals surface area contributed by atoms with Crippen LogP contribution in [-0.4, -0.2) is 99.7 Å². The lowest BCUT2D eigenvalue weighted by atomic mass is 10.0. The second-order valence-corrected chi connectivity index (χ2v) is 15.4. The van der Waals surface area contributed by atoms with Gasteiger partial charge in [-0.25, -0.2) is 24.1 Å². The molecule has 0 unspecified atom stereocenters. The van der Waals surface area contributed by atoms with Gasteiger partial charge in [-0.15, -0.1) is 0 Å². The number of nitrogens with one attached hydrogen (secondary N) is 1. The molecule has 2 aliphatic heterocycles. The molecule has 0 radical (unpaired) electrons. The van der Waals surface area contributed by atoms with Crippen LogP contribution < -0.4 is 5.32 Å². The molecule has 2 aliphatic carbocycles. The maximum Gasteiger partial charge on any atom is 0.418 e. The number of hydrogen-bond donors (Lipinski definition) is 1. The van der Waals surface area contributed by atoms with Crippen LogP contribution in [-0.2, 0) is 33.3 Å². The van der Waals surface area contributed by atoms with E-state index < -0.39 is 76.1 Å². The van der Waals surface area contributed by atoms with Crippen LogP contribution in [0.3, 0.4) is 0 Å². The van der Waals surface area contributed by atoms with Gasteiger partial charge in [-0.05, 0) is 96.6 Å². The number of nitrogens with zero attached hydrogens (tertiary/aromatic N) is 3. The molecule has 54 heavy (non-hydrogen) atoms. The molecular weight excluding hydrogens is 704 g/mol. The zero-order chi connectivity index (χ0) is 39.2. The molecule has 1 aromatic carbocycles. The van der Waals surface area contributed by atoms with Crippen molar-refractivity contribution in [3.8, 4) is 0 Å². The smallest absolute Gasteiger partial charge is 0.418 e. The fourth-order valence-electron chi connectivity index (χ4n) is 7.55. The predicted octanol–water partition coefficient (Wildman–Crippen LogP) is 5.36. The van der Waals surface area contributed by atoms with Gasteiger partial charge in [0.1, 0.15) is 29.9 Å². The largest absolute Gasteiger partial charge is 0.467 e. The lowest BCUT2D eigenvalue weighted by Gasteiger charge is -2.35. The predicted molar refractivity (Wildman–Crippen MR) is 191 cm³/mol. The molecule has 4 aliphatic rings. The summed E-state index contributed by atoms with van der Waals surface area (Å²) in [4.78, 5) is 96.0. The number of amides is 4. The van der Waals surface area contributed by atoms with Crippen LogP contribution in [0.1, 0.15) is 108 Å². The third-order valence-electron chi connectivity index (χ3n) is 10.3. The fraction of sp³-hybridized carbons (Fsp3) is 0.632. The Bertz CT molecular complexity index is 1630. The number of carbonyl (C=O) groups is 6. The number of nitro groups is 1. The molecule has 1 saturated heterocycles. The molecular formula is C38H50N4O12. The maximum atomic E-state index is 14.9. The Morgan fingerprint density at radius 2 is 1.59 bits per heavy atom. The molecule has 1 N–H and O–H groups in total. The van der Waals surface area contributed by atoms with Crippen LogP contribution in [0.4, 0.5) is 15.3 Å². The number of esters is 2. The Kier molecular flexibility index (Phi) is 12.6. The van der Waals surface area contributed by atoms with Gasteiger partial charge in [-0.1, -0.05) is 25.0 Å². The monoisotopic (exact) mass is 754 g/mol.